The van der Waals surface area contributed by atoms with Gasteiger partial charge in [0.2, 0.25) is 0 Å². The predicted molar refractivity (Wildman–Crippen MR) is 101 cm³/mol. The lowest BCUT2D eigenvalue weighted by Gasteiger charge is -2.03. The number of nitrogens with zero attached hydrogens (tertiary/aromatic N) is 3. The van der Waals surface area contributed by atoms with Crippen molar-refractivity contribution >= 4 is 29.3 Å². The molecule has 128 valence electrons. The number of benzene rings is 2. The average Bonchev–Trinajstić information content (AvgIpc) is 3.01. The molecular formula is C18H17ClN4OS. The summed E-state index contributed by atoms with van der Waals surface area (Å²) in [5.74, 6) is 0.566. The highest BCUT2D eigenvalue weighted by molar-refractivity contribution is 7.99. The lowest BCUT2D eigenvalue weighted by Crippen LogP contribution is -2.26. The van der Waals surface area contributed by atoms with Crippen molar-refractivity contribution in [2.45, 2.75) is 11.8 Å². The van der Waals surface area contributed by atoms with Gasteiger partial charge >= 0.3 is 0 Å². The van der Waals surface area contributed by atoms with Gasteiger partial charge in [-0.2, -0.15) is 9.90 Å². The fourth-order valence-corrected chi connectivity index (χ4v) is 3.21. The maximum atomic E-state index is 12.3. The third kappa shape index (κ3) is 4.61. The van der Waals surface area contributed by atoms with E-state index in [0.717, 1.165) is 5.75 Å². The summed E-state index contributed by atoms with van der Waals surface area (Å²) in [5, 5.41) is 12.1. The second-order valence-electron chi connectivity index (χ2n) is 5.32. The standard InChI is InChI=1S/C18H17ClN4OS/c1-13-17(22-23(21-13)15-7-5-6-14(19)12-15)18(24)20-10-11-25-16-8-3-2-4-9-16/h2-9,12H,10-11H2,1H3,(H,20,24). The van der Waals surface area contributed by atoms with Crippen LogP contribution in [-0.4, -0.2) is 33.2 Å². The van der Waals surface area contributed by atoms with Crippen molar-refractivity contribution in [1.29, 1.82) is 0 Å². The van der Waals surface area contributed by atoms with Crippen LogP contribution in [0, 0.1) is 6.92 Å². The number of thioether (sulfide) groups is 1. The number of hydrogen-bond donors (Lipinski definition) is 1. The molecule has 0 radical (unpaired) electrons. The van der Waals surface area contributed by atoms with E-state index in [-0.39, 0.29) is 5.91 Å². The summed E-state index contributed by atoms with van der Waals surface area (Å²) in [7, 11) is 0. The Hall–Kier alpha value is -2.31. The van der Waals surface area contributed by atoms with Crippen LogP contribution in [0.25, 0.3) is 5.69 Å². The van der Waals surface area contributed by atoms with Crippen LogP contribution >= 0.6 is 23.4 Å². The molecule has 0 atom stereocenters. The lowest BCUT2D eigenvalue weighted by atomic mass is 10.3. The number of hydrogen-bond acceptors (Lipinski definition) is 4. The van der Waals surface area contributed by atoms with Gasteiger partial charge in [0.1, 0.15) is 0 Å². The fourth-order valence-electron chi connectivity index (χ4n) is 2.24. The van der Waals surface area contributed by atoms with E-state index in [1.165, 1.54) is 9.69 Å². The third-order valence-electron chi connectivity index (χ3n) is 3.44. The average molecular weight is 373 g/mol. The van der Waals surface area contributed by atoms with Gasteiger partial charge < -0.3 is 5.32 Å². The first-order valence-corrected chi connectivity index (χ1v) is 9.16. The first-order valence-electron chi connectivity index (χ1n) is 7.79. The molecule has 1 aromatic heterocycles. The maximum Gasteiger partial charge on any atom is 0.273 e. The van der Waals surface area contributed by atoms with Crippen molar-refractivity contribution in [3.63, 3.8) is 0 Å². The van der Waals surface area contributed by atoms with Gasteiger partial charge in [0.05, 0.1) is 11.4 Å². The van der Waals surface area contributed by atoms with E-state index in [1.54, 1.807) is 30.8 Å². The van der Waals surface area contributed by atoms with Gasteiger partial charge in [0.15, 0.2) is 5.69 Å². The normalized spacial score (nSPS) is 10.6. The van der Waals surface area contributed by atoms with Crippen LogP contribution < -0.4 is 5.32 Å². The van der Waals surface area contributed by atoms with E-state index >= 15 is 0 Å². The molecule has 0 bridgehead atoms. The molecule has 3 aromatic rings. The summed E-state index contributed by atoms with van der Waals surface area (Å²) >= 11 is 7.68. The Bertz CT molecular complexity index is 867. The van der Waals surface area contributed by atoms with Gasteiger partial charge in [-0.3, -0.25) is 4.79 Å². The molecule has 0 saturated carbocycles. The molecule has 7 heteroatoms. The number of nitrogens with one attached hydrogen (secondary N) is 1. The highest BCUT2D eigenvalue weighted by atomic mass is 35.5. The predicted octanol–water partition coefficient (Wildman–Crippen LogP) is 3.75. The Morgan fingerprint density at radius 1 is 1.16 bits per heavy atom. The summed E-state index contributed by atoms with van der Waals surface area (Å²) in [5.41, 5.74) is 1.62. The quantitative estimate of drug-likeness (QED) is 0.528. The van der Waals surface area contributed by atoms with Gasteiger partial charge in [-0.15, -0.1) is 16.9 Å². The first kappa shape index (κ1) is 17.5. The zero-order valence-electron chi connectivity index (χ0n) is 13.6. The van der Waals surface area contributed by atoms with Gasteiger partial charge in [-0.1, -0.05) is 35.9 Å². The van der Waals surface area contributed by atoms with Gasteiger partial charge in [0, 0.05) is 22.2 Å². The van der Waals surface area contributed by atoms with Crippen LogP contribution in [0.5, 0.6) is 0 Å². The Balaban J connectivity index is 1.59. The Morgan fingerprint density at radius 2 is 1.96 bits per heavy atom. The highest BCUT2D eigenvalue weighted by Gasteiger charge is 2.16. The molecular weight excluding hydrogens is 356 g/mol. The van der Waals surface area contributed by atoms with Crippen LogP contribution in [0.4, 0.5) is 0 Å². The van der Waals surface area contributed by atoms with Crippen LogP contribution in [0.3, 0.4) is 0 Å². The van der Waals surface area contributed by atoms with Crippen LogP contribution in [0.2, 0.25) is 5.02 Å². The second-order valence-corrected chi connectivity index (χ2v) is 6.93. The van der Waals surface area contributed by atoms with Crippen molar-refractivity contribution in [3.05, 3.63) is 71.0 Å². The largest absolute Gasteiger partial charge is 0.350 e. The van der Waals surface area contributed by atoms with Crippen molar-refractivity contribution in [2.75, 3.05) is 12.3 Å². The SMILES string of the molecule is Cc1nn(-c2cccc(Cl)c2)nc1C(=O)NCCSc1ccccc1. The number of amides is 1. The van der Waals surface area contributed by atoms with Gasteiger partial charge in [-0.25, -0.2) is 0 Å². The molecule has 0 fully saturated rings. The number of rotatable bonds is 6. The van der Waals surface area contributed by atoms with E-state index in [1.807, 2.05) is 42.5 Å². The minimum absolute atomic E-state index is 0.223. The zero-order valence-corrected chi connectivity index (χ0v) is 15.2. The third-order valence-corrected chi connectivity index (χ3v) is 4.68. The summed E-state index contributed by atoms with van der Waals surface area (Å²) in [6, 6.07) is 17.3. The summed E-state index contributed by atoms with van der Waals surface area (Å²) in [6.07, 6.45) is 0. The molecule has 3 rings (SSSR count). The van der Waals surface area contributed by atoms with Crippen molar-refractivity contribution < 1.29 is 4.79 Å². The van der Waals surface area contributed by atoms with Crippen LogP contribution in [0.15, 0.2) is 59.5 Å². The molecule has 0 unspecified atom stereocenters. The van der Waals surface area contributed by atoms with E-state index in [4.69, 9.17) is 11.6 Å². The van der Waals surface area contributed by atoms with E-state index < -0.39 is 0 Å². The molecule has 0 spiro atoms. The number of aromatic nitrogens is 3. The second kappa shape index (κ2) is 8.18. The lowest BCUT2D eigenvalue weighted by molar-refractivity contribution is 0.0950. The van der Waals surface area contributed by atoms with Crippen molar-refractivity contribution in [1.82, 2.24) is 20.3 Å². The zero-order chi connectivity index (χ0) is 17.6. The topological polar surface area (TPSA) is 59.8 Å². The van der Waals surface area contributed by atoms with E-state index in [9.17, 15) is 4.79 Å². The Kier molecular flexibility index (Phi) is 5.73. The molecule has 0 aliphatic carbocycles. The van der Waals surface area contributed by atoms with Crippen LogP contribution in [-0.2, 0) is 0 Å². The molecule has 0 saturated heterocycles. The smallest absolute Gasteiger partial charge is 0.273 e. The molecule has 25 heavy (non-hydrogen) atoms. The molecule has 1 N–H and O–H groups in total. The highest BCUT2D eigenvalue weighted by Crippen LogP contribution is 2.16. The molecule has 5 nitrogen and oxygen atoms in total. The van der Waals surface area contributed by atoms with E-state index in [2.05, 4.69) is 15.5 Å². The van der Waals surface area contributed by atoms with Gasteiger partial charge in [0.25, 0.3) is 5.91 Å². The first-order chi connectivity index (χ1) is 12.1. The molecule has 0 aliphatic rings. The van der Waals surface area contributed by atoms with E-state index in [0.29, 0.717) is 28.6 Å². The summed E-state index contributed by atoms with van der Waals surface area (Å²) in [6.45, 7) is 2.32. The molecule has 2 aromatic carbocycles. The fraction of sp³-hybridized carbons (Fsp3) is 0.167. The van der Waals surface area contributed by atoms with Crippen molar-refractivity contribution in [2.24, 2.45) is 0 Å². The minimum atomic E-state index is -0.223. The maximum absolute atomic E-state index is 12.3. The monoisotopic (exact) mass is 372 g/mol. The van der Waals surface area contributed by atoms with Gasteiger partial charge in [-0.05, 0) is 37.3 Å². The molecule has 1 heterocycles. The number of halogens is 1. The van der Waals surface area contributed by atoms with Crippen LogP contribution in [0.1, 0.15) is 16.2 Å². The Labute approximate surface area is 155 Å². The summed E-state index contributed by atoms with van der Waals surface area (Å²) in [4.78, 5) is 14.9. The number of carbonyl (C=O) groups excluding carboxylic acids is 1. The Morgan fingerprint density at radius 3 is 2.72 bits per heavy atom. The number of aryl methyl sites for hydroxylation is 1. The van der Waals surface area contributed by atoms with Crippen molar-refractivity contribution in [3.8, 4) is 5.69 Å². The molecule has 1 amide bonds. The molecule has 0 aliphatic heterocycles. The number of carbonyl (C=O) groups is 1. The summed E-state index contributed by atoms with van der Waals surface area (Å²) < 4.78 is 0. The minimum Gasteiger partial charge on any atom is -0.350 e.